The Balaban J connectivity index is 1.87. The lowest BCUT2D eigenvalue weighted by Gasteiger charge is -2.15. The molecule has 1 atom stereocenters. The van der Waals surface area contributed by atoms with Crippen LogP contribution < -0.4 is 0 Å². The molecule has 2 nitrogen and oxygen atoms in total. The zero-order valence-corrected chi connectivity index (χ0v) is 9.96. The number of hydrogen-bond acceptors (Lipinski definition) is 2. The van der Waals surface area contributed by atoms with Crippen LogP contribution in [0.25, 0.3) is 0 Å². The molecule has 4 heteroatoms. The van der Waals surface area contributed by atoms with Crippen molar-refractivity contribution in [3.05, 3.63) is 29.8 Å². The molecule has 2 heterocycles. The SMILES string of the molecule is Fc1cncc(CN2CCC(CCCl)C2)c1. The fourth-order valence-electron chi connectivity index (χ4n) is 2.25. The molecule has 88 valence electrons. The molecular formula is C12H16ClFN2. The van der Waals surface area contributed by atoms with Gasteiger partial charge in [0.2, 0.25) is 0 Å². The van der Waals surface area contributed by atoms with Gasteiger partial charge in [0, 0.05) is 25.2 Å². The van der Waals surface area contributed by atoms with Crippen molar-refractivity contribution in [2.75, 3.05) is 19.0 Å². The largest absolute Gasteiger partial charge is 0.299 e. The molecule has 2 rings (SSSR count). The van der Waals surface area contributed by atoms with Crippen molar-refractivity contribution in [1.82, 2.24) is 9.88 Å². The molecule has 0 bridgehead atoms. The quantitative estimate of drug-likeness (QED) is 0.755. The Labute approximate surface area is 100 Å². The number of alkyl halides is 1. The van der Waals surface area contributed by atoms with Crippen molar-refractivity contribution in [2.24, 2.45) is 5.92 Å². The van der Waals surface area contributed by atoms with E-state index in [0.717, 1.165) is 37.5 Å². The van der Waals surface area contributed by atoms with Crippen molar-refractivity contribution in [2.45, 2.75) is 19.4 Å². The van der Waals surface area contributed by atoms with Gasteiger partial charge in [-0.2, -0.15) is 0 Å². The van der Waals surface area contributed by atoms with Crippen molar-refractivity contribution in [3.8, 4) is 0 Å². The van der Waals surface area contributed by atoms with Crippen LogP contribution in [0.1, 0.15) is 18.4 Å². The second-order valence-electron chi connectivity index (χ2n) is 4.38. The highest BCUT2D eigenvalue weighted by Gasteiger charge is 2.21. The van der Waals surface area contributed by atoms with Crippen LogP contribution in [0.15, 0.2) is 18.5 Å². The Morgan fingerprint density at radius 3 is 3.12 bits per heavy atom. The summed E-state index contributed by atoms with van der Waals surface area (Å²) in [4.78, 5) is 6.20. The van der Waals surface area contributed by atoms with Crippen LogP contribution in [0.2, 0.25) is 0 Å². The molecular weight excluding hydrogens is 227 g/mol. The van der Waals surface area contributed by atoms with Crippen LogP contribution in [0, 0.1) is 11.7 Å². The maximum absolute atomic E-state index is 12.9. The normalized spacial score (nSPS) is 21.5. The summed E-state index contributed by atoms with van der Waals surface area (Å²) in [6.45, 7) is 2.95. The van der Waals surface area contributed by atoms with Gasteiger partial charge in [0.25, 0.3) is 0 Å². The molecule has 1 aliphatic heterocycles. The fraction of sp³-hybridized carbons (Fsp3) is 0.583. The molecule has 1 aromatic heterocycles. The molecule has 0 saturated carbocycles. The third-order valence-corrected chi connectivity index (χ3v) is 3.27. The van der Waals surface area contributed by atoms with E-state index in [4.69, 9.17) is 11.6 Å². The standard InChI is InChI=1S/C12H16ClFN2/c13-3-1-10-2-4-16(8-10)9-11-5-12(14)7-15-6-11/h5-7,10H,1-4,8-9H2. The first-order chi connectivity index (χ1) is 7.78. The van der Waals surface area contributed by atoms with Gasteiger partial charge in [-0.1, -0.05) is 0 Å². The third kappa shape index (κ3) is 3.16. The molecule has 16 heavy (non-hydrogen) atoms. The number of nitrogens with zero attached hydrogens (tertiary/aromatic N) is 2. The molecule has 1 aromatic rings. The van der Waals surface area contributed by atoms with Gasteiger partial charge in [-0.25, -0.2) is 4.39 Å². The highest BCUT2D eigenvalue weighted by molar-refractivity contribution is 6.17. The number of halogens is 2. The number of likely N-dealkylation sites (tertiary alicyclic amines) is 1. The lowest BCUT2D eigenvalue weighted by Crippen LogP contribution is -2.20. The minimum Gasteiger partial charge on any atom is -0.299 e. The zero-order valence-electron chi connectivity index (χ0n) is 9.20. The average Bonchev–Trinajstić information content (AvgIpc) is 2.66. The van der Waals surface area contributed by atoms with Crippen molar-refractivity contribution >= 4 is 11.6 Å². The van der Waals surface area contributed by atoms with Gasteiger partial charge in [-0.3, -0.25) is 9.88 Å². The minimum atomic E-state index is -0.256. The Morgan fingerprint density at radius 1 is 1.50 bits per heavy atom. The molecule has 0 radical (unpaired) electrons. The van der Waals surface area contributed by atoms with Gasteiger partial charge in [0.15, 0.2) is 0 Å². The predicted octanol–water partition coefficient (Wildman–Crippen LogP) is 2.67. The highest BCUT2D eigenvalue weighted by atomic mass is 35.5. The van der Waals surface area contributed by atoms with Gasteiger partial charge < -0.3 is 0 Å². The molecule has 0 amide bonds. The average molecular weight is 243 g/mol. The number of pyridine rings is 1. The van der Waals surface area contributed by atoms with E-state index in [1.807, 2.05) is 0 Å². The van der Waals surface area contributed by atoms with E-state index in [9.17, 15) is 4.39 Å². The van der Waals surface area contributed by atoms with E-state index < -0.39 is 0 Å². The number of aromatic nitrogens is 1. The van der Waals surface area contributed by atoms with Crippen LogP contribution in [0.5, 0.6) is 0 Å². The maximum atomic E-state index is 12.9. The van der Waals surface area contributed by atoms with Crippen LogP contribution in [-0.2, 0) is 6.54 Å². The van der Waals surface area contributed by atoms with Gasteiger partial charge in [0.1, 0.15) is 5.82 Å². The van der Waals surface area contributed by atoms with Crippen LogP contribution in [0.3, 0.4) is 0 Å². The lowest BCUT2D eigenvalue weighted by molar-refractivity contribution is 0.314. The first-order valence-corrected chi connectivity index (χ1v) is 6.19. The molecule has 1 saturated heterocycles. The first kappa shape index (κ1) is 11.8. The summed E-state index contributed by atoms with van der Waals surface area (Å²) in [6.07, 6.45) is 5.26. The van der Waals surface area contributed by atoms with Gasteiger partial charge in [0.05, 0.1) is 6.20 Å². The molecule has 0 spiro atoms. The molecule has 0 aliphatic carbocycles. The van der Waals surface area contributed by atoms with Crippen molar-refractivity contribution in [1.29, 1.82) is 0 Å². The molecule has 0 N–H and O–H groups in total. The van der Waals surface area contributed by atoms with E-state index in [0.29, 0.717) is 5.92 Å². The fourth-order valence-corrected chi connectivity index (χ4v) is 2.56. The first-order valence-electron chi connectivity index (χ1n) is 5.65. The van der Waals surface area contributed by atoms with Gasteiger partial charge in [-0.05, 0) is 36.9 Å². The van der Waals surface area contributed by atoms with E-state index in [1.54, 1.807) is 12.3 Å². The molecule has 0 aromatic carbocycles. The lowest BCUT2D eigenvalue weighted by atomic mass is 10.1. The number of hydrogen-bond donors (Lipinski definition) is 0. The van der Waals surface area contributed by atoms with Gasteiger partial charge in [-0.15, -0.1) is 11.6 Å². The Kier molecular flexibility index (Phi) is 4.13. The van der Waals surface area contributed by atoms with E-state index in [1.165, 1.54) is 12.6 Å². The second-order valence-corrected chi connectivity index (χ2v) is 4.76. The summed E-state index contributed by atoms with van der Waals surface area (Å²) in [5.41, 5.74) is 0.950. The van der Waals surface area contributed by atoms with Crippen LogP contribution in [-0.4, -0.2) is 28.9 Å². The second kappa shape index (κ2) is 5.60. The topological polar surface area (TPSA) is 16.1 Å². The van der Waals surface area contributed by atoms with Crippen LogP contribution >= 0.6 is 11.6 Å². The Bertz CT molecular complexity index is 346. The third-order valence-electron chi connectivity index (χ3n) is 3.06. The van der Waals surface area contributed by atoms with E-state index in [2.05, 4.69) is 9.88 Å². The minimum absolute atomic E-state index is 0.256. The molecule has 1 unspecified atom stereocenters. The zero-order chi connectivity index (χ0) is 11.4. The predicted molar refractivity (Wildman–Crippen MR) is 62.9 cm³/mol. The van der Waals surface area contributed by atoms with E-state index >= 15 is 0 Å². The molecule has 1 aliphatic rings. The highest BCUT2D eigenvalue weighted by Crippen LogP contribution is 2.21. The summed E-state index contributed by atoms with van der Waals surface area (Å²) in [5, 5.41) is 0. The monoisotopic (exact) mass is 242 g/mol. The van der Waals surface area contributed by atoms with Gasteiger partial charge >= 0.3 is 0 Å². The summed E-state index contributed by atoms with van der Waals surface area (Å²) in [5.74, 6) is 1.19. The summed E-state index contributed by atoms with van der Waals surface area (Å²) in [6, 6.07) is 1.56. The Hall–Kier alpha value is -0.670. The van der Waals surface area contributed by atoms with Crippen molar-refractivity contribution < 1.29 is 4.39 Å². The van der Waals surface area contributed by atoms with E-state index in [-0.39, 0.29) is 5.82 Å². The summed E-state index contributed by atoms with van der Waals surface area (Å²) < 4.78 is 12.9. The smallest absolute Gasteiger partial charge is 0.141 e. The Morgan fingerprint density at radius 2 is 2.38 bits per heavy atom. The van der Waals surface area contributed by atoms with Crippen molar-refractivity contribution in [3.63, 3.8) is 0 Å². The van der Waals surface area contributed by atoms with Crippen LogP contribution in [0.4, 0.5) is 4.39 Å². The maximum Gasteiger partial charge on any atom is 0.141 e. The summed E-state index contributed by atoms with van der Waals surface area (Å²) in [7, 11) is 0. The summed E-state index contributed by atoms with van der Waals surface area (Å²) >= 11 is 5.73. The number of rotatable bonds is 4. The molecule has 1 fully saturated rings.